The predicted molar refractivity (Wildman–Crippen MR) is 176 cm³/mol. The van der Waals surface area contributed by atoms with Crippen molar-refractivity contribution in [1.29, 1.82) is 0 Å². The maximum Gasteiger partial charge on any atom is 0.0713 e. The van der Waals surface area contributed by atoms with Crippen molar-refractivity contribution in [3.63, 3.8) is 0 Å². The van der Waals surface area contributed by atoms with Crippen LogP contribution in [0.15, 0.2) is 170 Å². The highest BCUT2D eigenvalue weighted by molar-refractivity contribution is 5.86. The second-order valence-electron chi connectivity index (χ2n) is 10.6. The number of hydrogen-bond acceptors (Lipinski definition) is 2. The van der Waals surface area contributed by atoms with Gasteiger partial charge in [0.15, 0.2) is 0 Å². The van der Waals surface area contributed by atoms with E-state index in [0.29, 0.717) is 6.42 Å². The molecule has 1 aliphatic rings. The Hall–Kier alpha value is -5.21. The molecular formula is C40H34N2. The van der Waals surface area contributed by atoms with Gasteiger partial charge < -0.3 is 5.73 Å². The van der Waals surface area contributed by atoms with E-state index in [9.17, 15) is 0 Å². The molecule has 42 heavy (non-hydrogen) atoms. The van der Waals surface area contributed by atoms with Crippen molar-refractivity contribution < 1.29 is 0 Å². The molecule has 4 aromatic carbocycles. The molecule has 0 radical (unpaired) electrons. The van der Waals surface area contributed by atoms with Crippen molar-refractivity contribution in [1.82, 2.24) is 4.98 Å². The number of rotatable bonds is 9. The summed E-state index contributed by atoms with van der Waals surface area (Å²) in [4.78, 5) is 4.52. The summed E-state index contributed by atoms with van der Waals surface area (Å²) in [7, 11) is 0. The molecule has 0 fully saturated rings. The van der Waals surface area contributed by atoms with Crippen molar-refractivity contribution in [2.75, 3.05) is 0 Å². The van der Waals surface area contributed by atoms with Crippen molar-refractivity contribution in [3.05, 3.63) is 204 Å². The summed E-state index contributed by atoms with van der Waals surface area (Å²) in [6, 6.07) is 43.6. The van der Waals surface area contributed by atoms with Gasteiger partial charge in [0.25, 0.3) is 0 Å². The highest BCUT2D eigenvalue weighted by Crippen LogP contribution is 2.55. The summed E-state index contributed by atoms with van der Waals surface area (Å²) in [6.45, 7) is 3.76. The summed E-state index contributed by atoms with van der Waals surface area (Å²) in [5.74, 6) is 0. The van der Waals surface area contributed by atoms with E-state index in [1.807, 2.05) is 30.5 Å². The van der Waals surface area contributed by atoms with E-state index in [4.69, 9.17) is 5.73 Å². The lowest BCUT2D eigenvalue weighted by molar-refractivity contribution is 0.768. The lowest BCUT2D eigenvalue weighted by Crippen LogP contribution is -2.28. The minimum Gasteiger partial charge on any atom is -0.402 e. The molecule has 0 aliphatic heterocycles. The minimum atomic E-state index is -0.408. The van der Waals surface area contributed by atoms with Crippen LogP contribution in [0.25, 0.3) is 16.7 Å². The third-order valence-corrected chi connectivity index (χ3v) is 8.03. The number of fused-ring (bicyclic) bond motifs is 3. The molecule has 6 rings (SSSR count). The molecule has 0 spiro atoms. The van der Waals surface area contributed by atoms with Crippen molar-refractivity contribution in [2.45, 2.75) is 18.3 Å². The third-order valence-electron chi connectivity index (χ3n) is 8.03. The molecule has 2 N–H and O–H groups in total. The molecule has 1 aromatic heterocycles. The topological polar surface area (TPSA) is 38.9 Å². The van der Waals surface area contributed by atoms with Crippen LogP contribution in [0.3, 0.4) is 0 Å². The predicted octanol–water partition coefficient (Wildman–Crippen LogP) is 9.05. The van der Waals surface area contributed by atoms with Crippen LogP contribution in [-0.2, 0) is 11.8 Å². The van der Waals surface area contributed by atoms with Crippen LogP contribution in [0.4, 0.5) is 0 Å². The average molecular weight is 543 g/mol. The molecule has 0 saturated heterocycles. The number of nitrogens with zero attached hydrogens (tertiary/aromatic N) is 1. The Kier molecular flexibility index (Phi) is 7.79. The number of benzene rings is 4. The first-order valence-corrected chi connectivity index (χ1v) is 14.4. The summed E-state index contributed by atoms with van der Waals surface area (Å²) in [6.07, 6.45) is 13.2. The molecule has 5 aromatic rings. The second-order valence-corrected chi connectivity index (χ2v) is 10.6. The molecule has 0 atom stereocenters. The van der Waals surface area contributed by atoms with Gasteiger partial charge in [-0.25, -0.2) is 0 Å². The van der Waals surface area contributed by atoms with E-state index in [1.54, 1.807) is 6.08 Å². The van der Waals surface area contributed by atoms with Gasteiger partial charge in [-0.1, -0.05) is 140 Å². The average Bonchev–Trinajstić information content (AvgIpc) is 3.35. The quantitative estimate of drug-likeness (QED) is 0.185. The molecule has 2 nitrogen and oxygen atoms in total. The molecular weight excluding hydrogens is 508 g/mol. The third kappa shape index (κ3) is 5.04. The molecule has 0 amide bonds. The zero-order valence-corrected chi connectivity index (χ0v) is 23.7. The van der Waals surface area contributed by atoms with Gasteiger partial charge in [0, 0.05) is 30.4 Å². The number of allylic oxidation sites excluding steroid dienone is 6. The van der Waals surface area contributed by atoms with E-state index < -0.39 is 5.41 Å². The summed E-state index contributed by atoms with van der Waals surface area (Å²) in [5.41, 5.74) is 17.8. The van der Waals surface area contributed by atoms with Gasteiger partial charge in [0.2, 0.25) is 0 Å². The van der Waals surface area contributed by atoms with Gasteiger partial charge in [0.1, 0.15) is 0 Å². The Morgan fingerprint density at radius 1 is 0.714 bits per heavy atom. The molecule has 0 bridgehead atoms. The zero-order chi connectivity index (χ0) is 28.8. The maximum absolute atomic E-state index is 6.47. The standard InChI is InChI=1S/C40H34N2/c1-2-3-5-16-34(41)29-31(24-27-35-17-12-13-28-42-35)30-22-25-33(26-23-30)40(32-14-6-4-7-15-32)38-20-10-8-18-36(38)37-19-9-11-21-39(37)40/h2-15,17-26,28-29H,1,16,27,41H2/b5-3-,31-24+,34-29-. The highest BCUT2D eigenvalue weighted by atomic mass is 14.7. The first-order chi connectivity index (χ1) is 20.7. The summed E-state index contributed by atoms with van der Waals surface area (Å²) >= 11 is 0. The van der Waals surface area contributed by atoms with Crippen molar-refractivity contribution in [3.8, 4) is 11.1 Å². The first kappa shape index (κ1) is 27.0. The van der Waals surface area contributed by atoms with E-state index in [-0.39, 0.29) is 0 Å². The number of aromatic nitrogens is 1. The monoisotopic (exact) mass is 542 g/mol. The van der Waals surface area contributed by atoms with Crippen LogP contribution < -0.4 is 5.73 Å². The van der Waals surface area contributed by atoms with Gasteiger partial charge in [0.05, 0.1) is 5.41 Å². The Labute approximate surface area is 248 Å². The molecule has 0 unspecified atom stereocenters. The fourth-order valence-electron chi connectivity index (χ4n) is 6.18. The summed E-state index contributed by atoms with van der Waals surface area (Å²) < 4.78 is 0. The fourth-order valence-corrected chi connectivity index (χ4v) is 6.18. The Bertz CT molecular complexity index is 1730. The van der Waals surface area contributed by atoms with E-state index in [2.05, 4.69) is 133 Å². The Morgan fingerprint density at radius 3 is 1.98 bits per heavy atom. The SMILES string of the molecule is C=C/C=C\C/C(N)=C/C(=C\Cc1ccccn1)c1ccc(C2(c3ccccc3)c3ccccc3-c3ccccc32)cc1. The second kappa shape index (κ2) is 12.1. The Balaban J connectivity index is 1.48. The van der Waals surface area contributed by atoms with Crippen molar-refractivity contribution >= 4 is 5.57 Å². The molecule has 2 heteroatoms. The lowest BCUT2D eigenvalue weighted by Gasteiger charge is -2.34. The van der Waals surface area contributed by atoms with Gasteiger partial charge in [-0.15, -0.1) is 0 Å². The van der Waals surface area contributed by atoms with Crippen LogP contribution in [0.1, 0.15) is 39.9 Å². The molecule has 1 aliphatic carbocycles. The Morgan fingerprint density at radius 2 is 1.33 bits per heavy atom. The molecule has 1 heterocycles. The zero-order valence-electron chi connectivity index (χ0n) is 23.7. The number of nitrogens with two attached hydrogens (primary N) is 1. The fraction of sp³-hybridized carbons (Fsp3) is 0.0750. The maximum atomic E-state index is 6.47. The minimum absolute atomic E-state index is 0.408. The number of pyridine rings is 1. The van der Waals surface area contributed by atoms with Crippen LogP contribution in [0, 0.1) is 0 Å². The van der Waals surface area contributed by atoms with Gasteiger partial charge in [-0.2, -0.15) is 0 Å². The smallest absolute Gasteiger partial charge is 0.0713 e. The first-order valence-electron chi connectivity index (χ1n) is 14.4. The van der Waals surface area contributed by atoms with Crippen LogP contribution in [0.2, 0.25) is 0 Å². The lowest BCUT2D eigenvalue weighted by atomic mass is 9.67. The van der Waals surface area contributed by atoms with E-state index in [0.717, 1.165) is 28.9 Å². The number of hydrogen-bond donors (Lipinski definition) is 1. The largest absolute Gasteiger partial charge is 0.402 e. The van der Waals surface area contributed by atoms with Gasteiger partial charge in [-0.05, 0) is 62.7 Å². The van der Waals surface area contributed by atoms with Crippen LogP contribution >= 0.6 is 0 Å². The van der Waals surface area contributed by atoms with E-state index >= 15 is 0 Å². The van der Waals surface area contributed by atoms with Gasteiger partial charge >= 0.3 is 0 Å². The molecule has 0 saturated carbocycles. The summed E-state index contributed by atoms with van der Waals surface area (Å²) in [5, 5.41) is 0. The van der Waals surface area contributed by atoms with Crippen LogP contribution in [-0.4, -0.2) is 4.98 Å². The van der Waals surface area contributed by atoms with E-state index in [1.165, 1.54) is 33.4 Å². The van der Waals surface area contributed by atoms with Gasteiger partial charge in [-0.3, -0.25) is 4.98 Å². The molecule has 204 valence electrons. The normalized spacial score (nSPS) is 14.0. The highest BCUT2D eigenvalue weighted by Gasteiger charge is 2.45. The van der Waals surface area contributed by atoms with Crippen LogP contribution in [0.5, 0.6) is 0 Å². The van der Waals surface area contributed by atoms with Crippen molar-refractivity contribution in [2.24, 2.45) is 5.73 Å².